The summed E-state index contributed by atoms with van der Waals surface area (Å²) in [5, 5.41) is 5.66. The van der Waals surface area contributed by atoms with Crippen LogP contribution < -0.4 is 20.1 Å². The van der Waals surface area contributed by atoms with E-state index in [1.54, 1.807) is 24.3 Å². The van der Waals surface area contributed by atoms with E-state index in [1.807, 2.05) is 6.07 Å². The number of hydrogen-bond acceptors (Lipinski definition) is 5. The van der Waals surface area contributed by atoms with Gasteiger partial charge in [-0.1, -0.05) is 6.07 Å². The number of nitrogens with zero attached hydrogens (tertiary/aromatic N) is 1. The summed E-state index contributed by atoms with van der Waals surface area (Å²) in [5.74, 6) is 1.41. The topological polar surface area (TPSA) is 79.9 Å². The number of ether oxygens (including phenoxy) is 2. The number of anilines is 2. The van der Waals surface area contributed by atoms with Crippen LogP contribution in [0.1, 0.15) is 37.8 Å². The van der Waals surface area contributed by atoms with Gasteiger partial charge in [0.2, 0.25) is 11.8 Å². The number of likely N-dealkylation sites (tertiary alicyclic amines) is 1. The molecule has 0 unspecified atom stereocenters. The second kappa shape index (κ2) is 9.17. The Morgan fingerprint density at radius 1 is 0.967 bits per heavy atom. The number of hydrogen-bond donors (Lipinski definition) is 2. The molecule has 0 aromatic heterocycles. The molecule has 2 aromatic rings. The van der Waals surface area contributed by atoms with Gasteiger partial charge in [0.1, 0.15) is 0 Å². The summed E-state index contributed by atoms with van der Waals surface area (Å²) in [6, 6.07) is 13.4. The van der Waals surface area contributed by atoms with Crippen LogP contribution >= 0.6 is 0 Å². The fourth-order valence-electron chi connectivity index (χ4n) is 4.01. The third kappa shape index (κ3) is 4.91. The van der Waals surface area contributed by atoms with E-state index in [2.05, 4.69) is 27.7 Å². The van der Waals surface area contributed by atoms with Crippen molar-refractivity contribution >= 4 is 23.2 Å². The van der Waals surface area contributed by atoms with Crippen molar-refractivity contribution in [3.8, 4) is 11.5 Å². The van der Waals surface area contributed by atoms with Crippen molar-refractivity contribution in [3.63, 3.8) is 0 Å². The van der Waals surface area contributed by atoms with Gasteiger partial charge in [-0.15, -0.1) is 0 Å². The molecule has 1 fully saturated rings. The van der Waals surface area contributed by atoms with Crippen molar-refractivity contribution in [2.75, 3.05) is 36.9 Å². The summed E-state index contributed by atoms with van der Waals surface area (Å²) in [6.07, 6.45) is 2.95. The molecule has 2 heterocycles. The van der Waals surface area contributed by atoms with Gasteiger partial charge in [-0.25, -0.2) is 0 Å². The lowest BCUT2D eigenvalue weighted by Crippen LogP contribution is -2.32. The Bertz CT molecular complexity index is 913. The minimum absolute atomic E-state index is 0.0523. The van der Waals surface area contributed by atoms with Crippen molar-refractivity contribution in [3.05, 3.63) is 48.0 Å². The second-order valence-electron chi connectivity index (χ2n) is 7.69. The van der Waals surface area contributed by atoms with E-state index in [-0.39, 0.29) is 17.9 Å². The first kappa shape index (κ1) is 20.2. The fraction of sp³-hybridized carbons (Fsp3) is 0.391. The van der Waals surface area contributed by atoms with Crippen LogP contribution in [0.15, 0.2) is 42.5 Å². The molecule has 158 valence electrons. The average molecular weight is 409 g/mol. The summed E-state index contributed by atoms with van der Waals surface area (Å²) in [6.45, 7) is 4.01. The Labute approximate surface area is 176 Å². The highest BCUT2D eigenvalue weighted by molar-refractivity contribution is 5.93. The predicted molar refractivity (Wildman–Crippen MR) is 115 cm³/mol. The van der Waals surface area contributed by atoms with Crippen molar-refractivity contribution < 1.29 is 19.1 Å². The minimum atomic E-state index is -0.123. The zero-order valence-corrected chi connectivity index (χ0v) is 17.1. The molecule has 2 aromatic carbocycles. The Hall–Kier alpha value is -3.06. The van der Waals surface area contributed by atoms with Gasteiger partial charge in [0.25, 0.3) is 0 Å². The van der Waals surface area contributed by atoms with Gasteiger partial charge in [-0.2, -0.15) is 0 Å². The lowest BCUT2D eigenvalue weighted by atomic mass is 10.0. The van der Waals surface area contributed by atoms with Gasteiger partial charge in [-0.3, -0.25) is 14.5 Å². The standard InChI is InChI=1S/C23H27N3O4/c1-16(27)24-18-6-8-19(9-7-18)25-23(28)15-26-11-2-4-20(26)17-5-10-21-22(14-17)30-13-3-12-29-21/h5-10,14,20H,2-4,11-13,15H2,1H3,(H,24,27)(H,25,28)/t20-/m1/s1. The number of benzene rings is 2. The van der Waals surface area contributed by atoms with Crippen molar-refractivity contribution in [1.82, 2.24) is 4.90 Å². The maximum atomic E-state index is 12.6. The van der Waals surface area contributed by atoms with Gasteiger partial charge in [0, 0.05) is 30.8 Å². The van der Waals surface area contributed by atoms with Gasteiger partial charge >= 0.3 is 0 Å². The number of fused-ring (bicyclic) bond motifs is 1. The maximum absolute atomic E-state index is 12.6. The van der Waals surface area contributed by atoms with Crippen molar-refractivity contribution in [2.45, 2.75) is 32.2 Å². The predicted octanol–water partition coefficient (Wildman–Crippen LogP) is 3.58. The smallest absolute Gasteiger partial charge is 0.238 e. The van der Waals surface area contributed by atoms with Gasteiger partial charge < -0.3 is 20.1 Å². The monoisotopic (exact) mass is 409 g/mol. The van der Waals surface area contributed by atoms with Crippen LogP contribution in [-0.4, -0.2) is 43.0 Å². The highest BCUT2D eigenvalue weighted by Crippen LogP contribution is 2.37. The highest BCUT2D eigenvalue weighted by atomic mass is 16.5. The third-order valence-electron chi connectivity index (χ3n) is 5.36. The molecule has 30 heavy (non-hydrogen) atoms. The molecule has 2 N–H and O–H groups in total. The number of amides is 2. The Balaban J connectivity index is 1.38. The molecule has 7 heteroatoms. The Morgan fingerprint density at radius 2 is 1.67 bits per heavy atom. The molecule has 0 radical (unpaired) electrons. The fourth-order valence-corrected chi connectivity index (χ4v) is 4.01. The SMILES string of the molecule is CC(=O)Nc1ccc(NC(=O)CN2CCC[C@@H]2c2ccc3c(c2)OCCCO3)cc1. The zero-order chi connectivity index (χ0) is 20.9. The summed E-state index contributed by atoms with van der Waals surface area (Å²) in [4.78, 5) is 25.9. The first-order valence-electron chi connectivity index (χ1n) is 10.4. The van der Waals surface area contributed by atoms with E-state index in [1.165, 1.54) is 6.92 Å². The molecule has 2 aliphatic rings. The molecule has 2 amide bonds. The lowest BCUT2D eigenvalue weighted by Gasteiger charge is -2.25. The van der Waals surface area contributed by atoms with Crippen LogP contribution in [0.4, 0.5) is 11.4 Å². The van der Waals surface area contributed by atoms with E-state index in [9.17, 15) is 9.59 Å². The molecular formula is C23H27N3O4. The number of carbonyl (C=O) groups is 2. The van der Waals surface area contributed by atoms with Crippen LogP contribution in [0.5, 0.6) is 11.5 Å². The molecule has 0 saturated carbocycles. The maximum Gasteiger partial charge on any atom is 0.238 e. The largest absolute Gasteiger partial charge is 0.490 e. The Kier molecular flexibility index (Phi) is 6.18. The summed E-state index contributed by atoms with van der Waals surface area (Å²) in [5.41, 5.74) is 2.57. The van der Waals surface area contributed by atoms with E-state index in [0.717, 1.165) is 42.9 Å². The van der Waals surface area contributed by atoms with E-state index in [0.29, 0.717) is 31.1 Å². The quantitative estimate of drug-likeness (QED) is 0.789. The number of rotatable bonds is 5. The van der Waals surface area contributed by atoms with E-state index >= 15 is 0 Å². The van der Waals surface area contributed by atoms with Gasteiger partial charge in [0.05, 0.1) is 19.8 Å². The normalized spacial score (nSPS) is 18.5. The molecule has 1 atom stereocenters. The first-order valence-corrected chi connectivity index (χ1v) is 10.4. The molecular weight excluding hydrogens is 382 g/mol. The molecule has 0 spiro atoms. The van der Waals surface area contributed by atoms with Crippen LogP contribution in [-0.2, 0) is 9.59 Å². The Morgan fingerprint density at radius 3 is 2.40 bits per heavy atom. The molecule has 0 aliphatic carbocycles. The van der Waals surface area contributed by atoms with Crippen molar-refractivity contribution in [2.24, 2.45) is 0 Å². The van der Waals surface area contributed by atoms with Gasteiger partial charge in [-0.05, 0) is 61.3 Å². The van der Waals surface area contributed by atoms with Crippen LogP contribution in [0.2, 0.25) is 0 Å². The van der Waals surface area contributed by atoms with Crippen LogP contribution in [0, 0.1) is 0 Å². The zero-order valence-electron chi connectivity index (χ0n) is 17.1. The molecule has 7 nitrogen and oxygen atoms in total. The third-order valence-corrected chi connectivity index (χ3v) is 5.36. The van der Waals surface area contributed by atoms with E-state index in [4.69, 9.17) is 9.47 Å². The highest BCUT2D eigenvalue weighted by Gasteiger charge is 2.28. The van der Waals surface area contributed by atoms with Crippen LogP contribution in [0.3, 0.4) is 0 Å². The minimum Gasteiger partial charge on any atom is -0.490 e. The molecule has 1 saturated heterocycles. The summed E-state index contributed by atoms with van der Waals surface area (Å²) in [7, 11) is 0. The van der Waals surface area contributed by atoms with E-state index < -0.39 is 0 Å². The summed E-state index contributed by atoms with van der Waals surface area (Å²) >= 11 is 0. The lowest BCUT2D eigenvalue weighted by molar-refractivity contribution is -0.117. The van der Waals surface area contributed by atoms with Gasteiger partial charge in [0.15, 0.2) is 11.5 Å². The molecule has 4 rings (SSSR count). The molecule has 2 aliphatic heterocycles. The van der Waals surface area contributed by atoms with Crippen molar-refractivity contribution in [1.29, 1.82) is 0 Å². The first-order chi connectivity index (χ1) is 14.6. The summed E-state index contributed by atoms with van der Waals surface area (Å²) < 4.78 is 11.6. The average Bonchev–Trinajstić information content (AvgIpc) is 3.04. The molecule has 0 bridgehead atoms. The number of carbonyl (C=O) groups excluding carboxylic acids is 2. The van der Waals surface area contributed by atoms with Crippen LogP contribution in [0.25, 0.3) is 0 Å². The number of nitrogens with one attached hydrogen (secondary N) is 2. The second-order valence-corrected chi connectivity index (χ2v) is 7.69.